The number of benzene rings is 1. The lowest BCUT2D eigenvalue weighted by molar-refractivity contribution is -0.123. The maximum atomic E-state index is 11.9. The Labute approximate surface area is 144 Å². The summed E-state index contributed by atoms with van der Waals surface area (Å²) in [5, 5.41) is 3.40. The van der Waals surface area contributed by atoms with Crippen molar-refractivity contribution in [2.75, 3.05) is 13.7 Å². The van der Waals surface area contributed by atoms with Crippen molar-refractivity contribution in [2.24, 2.45) is 0 Å². The molecule has 1 aromatic carbocycles. The van der Waals surface area contributed by atoms with E-state index in [0.29, 0.717) is 17.3 Å². The van der Waals surface area contributed by atoms with E-state index in [0.717, 1.165) is 17.1 Å². The molecule has 0 aliphatic heterocycles. The molecule has 0 saturated carbocycles. The van der Waals surface area contributed by atoms with Crippen molar-refractivity contribution in [2.45, 2.75) is 6.54 Å². The Morgan fingerprint density at radius 2 is 1.92 bits per heavy atom. The highest BCUT2D eigenvalue weighted by Gasteiger charge is 2.06. The second-order valence-corrected chi connectivity index (χ2v) is 5.52. The molecule has 1 N–H and O–H groups in total. The average Bonchev–Trinajstić information content (AvgIpc) is 3.00. The highest BCUT2D eigenvalue weighted by atomic mass is 35.5. The van der Waals surface area contributed by atoms with E-state index in [4.69, 9.17) is 21.1 Å². The van der Waals surface area contributed by atoms with Gasteiger partial charge in [-0.05, 0) is 36.4 Å². The Kier molecular flexibility index (Phi) is 4.86. The van der Waals surface area contributed by atoms with E-state index in [-0.39, 0.29) is 12.5 Å². The summed E-state index contributed by atoms with van der Waals surface area (Å²) in [6.45, 7) is 0.260. The van der Waals surface area contributed by atoms with Gasteiger partial charge in [-0.3, -0.25) is 4.79 Å². The van der Waals surface area contributed by atoms with E-state index in [2.05, 4.69) is 10.3 Å². The predicted octanol–water partition coefficient (Wildman–Crippen LogP) is 2.69. The number of nitrogens with zero attached hydrogens (tertiary/aromatic N) is 2. The Balaban J connectivity index is 1.50. The van der Waals surface area contributed by atoms with Gasteiger partial charge in [-0.2, -0.15) is 0 Å². The number of amides is 1. The molecule has 0 bridgehead atoms. The summed E-state index contributed by atoms with van der Waals surface area (Å²) in [4.78, 5) is 16.3. The van der Waals surface area contributed by atoms with E-state index < -0.39 is 0 Å². The average molecular weight is 346 g/mol. The molecule has 3 aromatic rings. The number of imidazole rings is 1. The maximum Gasteiger partial charge on any atom is 0.258 e. The molecule has 124 valence electrons. The first-order valence-electron chi connectivity index (χ1n) is 7.31. The molecule has 2 aromatic heterocycles. The van der Waals surface area contributed by atoms with Crippen molar-refractivity contribution in [1.29, 1.82) is 0 Å². The fraction of sp³-hybridized carbons (Fsp3) is 0.176. The topological polar surface area (TPSA) is 64.9 Å². The first-order chi connectivity index (χ1) is 11.6. The molecule has 3 rings (SSSR count). The van der Waals surface area contributed by atoms with Gasteiger partial charge in [0.15, 0.2) is 6.61 Å². The van der Waals surface area contributed by atoms with Crippen LogP contribution in [0.4, 0.5) is 0 Å². The van der Waals surface area contributed by atoms with E-state index >= 15 is 0 Å². The molecular formula is C17H16ClN3O3. The molecule has 7 heteroatoms. The van der Waals surface area contributed by atoms with Crippen LogP contribution in [0.5, 0.6) is 11.5 Å². The molecule has 0 aliphatic carbocycles. The largest absolute Gasteiger partial charge is 0.497 e. The Morgan fingerprint density at radius 3 is 2.67 bits per heavy atom. The number of nitrogens with one attached hydrogen (secondary N) is 1. The van der Waals surface area contributed by atoms with Gasteiger partial charge < -0.3 is 19.2 Å². The zero-order valence-corrected chi connectivity index (χ0v) is 13.8. The van der Waals surface area contributed by atoms with Crippen LogP contribution in [-0.4, -0.2) is 29.0 Å². The van der Waals surface area contributed by atoms with Crippen LogP contribution in [0, 0.1) is 0 Å². The van der Waals surface area contributed by atoms with Crippen molar-refractivity contribution < 1.29 is 14.3 Å². The Morgan fingerprint density at radius 1 is 1.17 bits per heavy atom. The third kappa shape index (κ3) is 3.97. The number of pyridine rings is 1. The lowest BCUT2D eigenvalue weighted by Crippen LogP contribution is -2.28. The van der Waals surface area contributed by atoms with Crippen LogP contribution in [0.2, 0.25) is 5.02 Å². The van der Waals surface area contributed by atoms with Crippen molar-refractivity contribution >= 4 is 23.2 Å². The minimum atomic E-state index is -0.221. The van der Waals surface area contributed by atoms with Crippen molar-refractivity contribution in [1.82, 2.24) is 14.7 Å². The van der Waals surface area contributed by atoms with Crippen LogP contribution in [0.15, 0.2) is 48.8 Å². The first-order valence-corrected chi connectivity index (χ1v) is 7.68. The summed E-state index contributed by atoms with van der Waals surface area (Å²) in [7, 11) is 1.59. The molecule has 0 aliphatic rings. The number of carbonyl (C=O) groups excluding carboxylic acids is 1. The Bertz CT molecular complexity index is 846. The number of methoxy groups -OCH3 is 1. The van der Waals surface area contributed by atoms with Crippen LogP contribution < -0.4 is 14.8 Å². The summed E-state index contributed by atoms with van der Waals surface area (Å²) < 4.78 is 12.3. The van der Waals surface area contributed by atoms with Gasteiger partial charge in [0.1, 0.15) is 17.1 Å². The number of carbonyl (C=O) groups is 1. The number of fused-ring (bicyclic) bond motifs is 1. The monoisotopic (exact) mass is 345 g/mol. The lowest BCUT2D eigenvalue weighted by atomic mass is 10.3. The number of aromatic nitrogens is 2. The minimum Gasteiger partial charge on any atom is -0.497 e. The number of hydrogen-bond donors (Lipinski definition) is 1. The second kappa shape index (κ2) is 7.23. The SMILES string of the molecule is COc1ccc(OCC(=O)NCc2cn3cc(Cl)ccc3n2)cc1. The zero-order chi connectivity index (χ0) is 16.9. The maximum absolute atomic E-state index is 11.9. The third-order valence-corrected chi connectivity index (χ3v) is 3.58. The van der Waals surface area contributed by atoms with Crippen molar-refractivity contribution in [3.05, 3.63) is 59.5 Å². The molecule has 24 heavy (non-hydrogen) atoms. The number of ether oxygens (including phenoxy) is 2. The van der Waals surface area contributed by atoms with E-state index in [1.165, 1.54) is 0 Å². The van der Waals surface area contributed by atoms with Gasteiger partial charge in [-0.1, -0.05) is 11.6 Å². The molecule has 0 radical (unpaired) electrons. The lowest BCUT2D eigenvalue weighted by Gasteiger charge is -2.07. The van der Waals surface area contributed by atoms with E-state index in [1.54, 1.807) is 43.6 Å². The smallest absolute Gasteiger partial charge is 0.258 e. The van der Waals surface area contributed by atoms with Crippen LogP contribution in [0.3, 0.4) is 0 Å². The van der Waals surface area contributed by atoms with Crippen molar-refractivity contribution in [3.63, 3.8) is 0 Å². The molecule has 6 nitrogen and oxygen atoms in total. The summed E-state index contributed by atoms with van der Waals surface area (Å²) in [5.74, 6) is 1.12. The molecule has 0 fully saturated rings. The van der Waals surface area contributed by atoms with Gasteiger partial charge in [0, 0.05) is 12.4 Å². The van der Waals surface area contributed by atoms with Crippen LogP contribution in [0.1, 0.15) is 5.69 Å². The van der Waals surface area contributed by atoms with Crippen LogP contribution >= 0.6 is 11.6 Å². The molecule has 0 unspecified atom stereocenters. The molecule has 0 spiro atoms. The summed E-state index contributed by atoms with van der Waals surface area (Å²) in [6.07, 6.45) is 3.59. The van der Waals surface area contributed by atoms with E-state index in [1.807, 2.05) is 16.7 Å². The molecule has 2 heterocycles. The van der Waals surface area contributed by atoms with Gasteiger partial charge in [0.25, 0.3) is 5.91 Å². The molecule has 1 amide bonds. The Hall–Kier alpha value is -2.73. The fourth-order valence-electron chi connectivity index (χ4n) is 2.16. The fourth-order valence-corrected chi connectivity index (χ4v) is 2.33. The van der Waals surface area contributed by atoms with Gasteiger partial charge >= 0.3 is 0 Å². The zero-order valence-electron chi connectivity index (χ0n) is 13.0. The number of halogens is 1. The molecule has 0 atom stereocenters. The summed E-state index contributed by atoms with van der Waals surface area (Å²) >= 11 is 5.93. The minimum absolute atomic E-state index is 0.0640. The number of rotatable bonds is 6. The van der Waals surface area contributed by atoms with Gasteiger partial charge in [-0.15, -0.1) is 0 Å². The van der Waals surface area contributed by atoms with Gasteiger partial charge in [0.2, 0.25) is 0 Å². The van der Waals surface area contributed by atoms with Crippen molar-refractivity contribution in [3.8, 4) is 11.5 Å². The highest BCUT2D eigenvalue weighted by molar-refractivity contribution is 6.30. The third-order valence-electron chi connectivity index (χ3n) is 3.36. The highest BCUT2D eigenvalue weighted by Crippen LogP contribution is 2.16. The number of hydrogen-bond acceptors (Lipinski definition) is 4. The van der Waals surface area contributed by atoms with Gasteiger partial charge in [0.05, 0.1) is 24.4 Å². The van der Waals surface area contributed by atoms with Crippen LogP contribution in [0.25, 0.3) is 5.65 Å². The first kappa shape index (κ1) is 16.1. The summed E-state index contributed by atoms with van der Waals surface area (Å²) in [6, 6.07) is 10.6. The van der Waals surface area contributed by atoms with Crippen LogP contribution in [-0.2, 0) is 11.3 Å². The molecule has 0 saturated heterocycles. The summed E-state index contributed by atoms with van der Waals surface area (Å²) in [5.41, 5.74) is 1.52. The predicted molar refractivity (Wildman–Crippen MR) is 90.5 cm³/mol. The van der Waals surface area contributed by atoms with E-state index in [9.17, 15) is 4.79 Å². The normalized spacial score (nSPS) is 10.6. The second-order valence-electron chi connectivity index (χ2n) is 5.09. The molecular weight excluding hydrogens is 330 g/mol. The quantitative estimate of drug-likeness (QED) is 0.746. The van der Waals surface area contributed by atoms with Gasteiger partial charge in [-0.25, -0.2) is 4.98 Å². The standard InChI is InChI=1S/C17H16ClN3O3/c1-23-14-3-5-15(6-4-14)24-11-17(22)19-8-13-10-21-9-12(18)2-7-16(21)20-13/h2-7,9-10H,8,11H2,1H3,(H,19,22).